The van der Waals surface area contributed by atoms with Crippen LogP contribution in [0.1, 0.15) is 58.7 Å². The van der Waals surface area contributed by atoms with E-state index in [2.05, 4.69) is 95.0 Å². The normalized spacial score (nSPS) is 25.1. The largest absolute Gasteiger partial charge is 0.484 e. The van der Waals surface area contributed by atoms with Crippen LogP contribution < -0.4 is 20.0 Å². The second-order valence-electron chi connectivity index (χ2n) is 15.9. The van der Waals surface area contributed by atoms with Gasteiger partial charge in [0.05, 0.1) is 35.7 Å². The van der Waals surface area contributed by atoms with Crippen LogP contribution in [0, 0.1) is 5.82 Å². The van der Waals surface area contributed by atoms with Crippen LogP contribution in [0.15, 0.2) is 65.1 Å². The van der Waals surface area contributed by atoms with E-state index >= 15 is 4.39 Å². The third-order valence-electron chi connectivity index (χ3n) is 11.7. The van der Waals surface area contributed by atoms with Gasteiger partial charge in [0.25, 0.3) is 8.32 Å². The van der Waals surface area contributed by atoms with Gasteiger partial charge in [0.1, 0.15) is 34.5 Å². The van der Waals surface area contributed by atoms with Crippen LogP contribution in [0.3, 0.4) is 0 Å². The van der Waals surface area contributed by atoms with Gasteiger partial charge in [0.15, 0.2) is 11.6 Å². The summed E-state index contributed by atoms with van der Waals surface area (Å²) in [7, 11) is -2.91. The van der Waals surface area contributed by atoms with Crippen LogP contribution in [-0.2, 0) is 15.6 Å². The molecule has 4 aliphatic rings. The molecule has 2 unspecified atom stereocenters. The highest BCUT2D eigenvalue weighted by atomic mass is 79.9. The molecule has 3 aromatic carbocycles. The number of fused-ring (bicyclic) bond motifs is 1. The number of anilines is 1. The molecular formula is C40H46BrClF2N4O3Si. The molecule has 4 aromatic rings. The van der Waals surface area contributed by atoms with E-state index in [-0.39, 0.29) is 38.2 Å². The monoisotopic (exact) mass is 810 g/mol. The fourth-order valence-electron chi connectivity index (χ4n) is 9.32. The van der Waals surface area contributed by atoms with Gasteiger partial charge in [-0.25, -0.2) is 18.7 Å². The Kier molecular flexibility index (Phi) is 9.91. The van der Waals surface area contributed by atoms with Crippen molar-refractivity contribution < 1.29 is 22.7 Å². The maximum Gasteiger partial charge on any atom is 0.261 e. The number of aromatic nitrogens is 2. The minimum absolute atomic E-state index is 0.00704. The molecule has 0 N–H and O–H groups in total. The summed E-state index contributed by atoms with van der Waals surface area (Å²) in [6.45, 7) is 9.99. The Balaban J connectivity index is 1.20. The quantitative estimate of drug-likeness (QED) is 0.127. The van der Waals surface area contributed by atoms with Crippen LogP contribution >= 0.6 is 27.5 Å². The first-order chi connectivity index (χ1) is 25.0. The van der Waals surface area contributed by atoms with Crippen molar-refractivity contribution in [2.45, 2.75) is 88.2 Å². The summed E-state index contributed by atoms with van der Waals surface area (Å²) >= 11 is 10.4. The first-order valence-corrected chi connectivity index (χ1v) is 21.6. The average molecular weight is 812 g/mol. The molecule has 0 spiro atoms. The van der Waals surface area contributed by atoms with Crippen LogP contribution in [0.4, 0.5) is 14.6 Å². The molecule has 8 rings (SSSR count). The third-order valence-corrected chi connectivity index (χ3v) is 18.1. The summed E-state index contributed by atoms with van der Waals surface area (Å²) in [4.78, 5) is 14.6. The zero-order valence-electron chi connectivity index (χ0n) is 30.0. The fraction of sp³-hybridized carbons (Fsp3) is 0.500. The molecular weight excluding hydrogens is 766 g/mol. The second-order valence-corrected chi connectivity index (χ2v) is 21.4. The highest BCUT2D eigenvalue weighted by Crippen LogP contribution is 2.48. The van der Waals surface area contributed by atoms with E-state index in [0.29, 0.717) is 61.9 Å². The van der Waals surface area contributed by atoms with Crippen molar-refractivity contribution in [3.8, 4) is 5.75 Å². The van der Waals surface area contributed by atoms with E-state index in [1.807, 2.05) is 12.1 Å². The van der Waals surface area contributed by atoms with Crippen molar-refractivity contribution >= 4 is 62.9 Å². The molecule has 4 atom stereocenters. The molecule has 52 heavy (non-hydrogen) atoms. The third kappa shape index (κ3) is 6.27. The smallest absolute Gasteiger partial charge is 0.261 e. The predicted molar refractivity (Wildman–Crippen MR) is 208 cm³/mol. The lowest BCUT2D eigenvalue weighted by atomic mass is 9.88. The molecule has 0 saturated carbocycles. The number of halogens is 4. The van der Waals surface area contributed by atoms with E-state index in [1.165, 1.54) is 10.4 Å². The number of rotatable bonds is 9. The van der Waals surface area contributed by atoms with E-state index in [0.717, 1.165) is 32.2 Å². The Bertz CT molecular complexity index is 1890. The van der Waals surface area contributed by atoms with Gasteiger partial charge in [-0.15, -0.1) is 0 Å². The fourth-order valence-corrected chi connectivity index (χ4v) is 14.5. The summed E-state index contributed by atoms with van der Waals surface area (Å²) in [6, 6.07) is 21.1. The number of alkyl halides is 1. The van der Waals surface area contributed by atoms with E-state index in [9.17, 15) is 4.39 Å². The summed E-state index contributed by atoms with van der Waals surface area (Å²) < 4.78 is 51.2. The SMILES string of the molecule is CC(C)(C)[Si](OCC1CN(C2CCOC2)c2nc(CC[C@@]34CCCN3C[C@H](F)C4)nc3c(F)c(Br)c(Cl)c(c23)O1)(c1ccccc1)c1ccccc1. The van der Waals surface area contributed by atoms with Crippen LogP contribution in [0.25, 0.3) is 10.9 Å². The maximum atomic E-state index is 16.3. The lowest BCUT2D eigenvalue weighted by Gasteiger charge is -2.44. The van der Waals surface area contributed by atoms with Gasteiger partial charge >= 0.3 is 0 Å². The van der Waals surface area contributed by atoms with Gasteiger partial charge < -0.3 is 18.8 Å². The number of benzene rings is 3. The first-order valence-electron chi connectivity index (χ1n) is 18.5. The van der Waals surface area contributed by atoms with Crippen molar-refractivity contribution in [2.75, 3.05) is 44.4 Å². The molecule has 3 fully saturated rings. The minimum Gasteiger partial charge on any atom is -0.484 e. The number of hydrogen-bond acceptors (Lipinski definition) is 7. The van der Waals surface area contributed by atoms with E-state index in [4.69, 9.17) is 35.5 Å². The molecule has 0 aliphatic carbocycles. The van der Waals surface area contributed by atoms with Crippen LogP contribution in [-0.4, -0.2) is 86.5 Å². The van der Waals surface area contributed by atoms with E-state index in [1.54, 1.807) is 0 Å². The topological polar surface area (TPSA) is 60.0 Å². The van der Waals surface area contributed by atoms with Crippen LogP contribution in [0.2, 0.25) is 10.1 Å². The number of hydrogen-bond donors (Lipinski definition) is 0. The number of nitrogens with zero attached hydrogens (tertiary/aromatic N) is 4. The Morgan fingerprint density at radius 2 is 1.77 bits per heavy atom. The summed E-state index contributed by atoms with van der Waals surface area (Å²) in [5, 5.41) is 2.72. The zero-order valence-corrected chi connectivity index (χ0v) is 33.4. The highest BCUT2D eigenvalue weighted by molar-refractivity contribution is 9.10. The number of aryl methyl sites for hydroxylation is 1. The van der Waals surface area contributed by atoms with Gasteiger partial charge in [-0.3, -0.25) is 4.90 Å². The number of ether oxygens (including phenoxy) is 2. The van der Waals surface area contributed by atoms with Crippen LogP contribution in [0.5, 0.6) is 5.75 Å². The molecule has 3 saturated heterocycles. The minimum atomic E-state index is -2.91. The van der Waals surface area contributed by atoms with E-state index < -0.39 is 26.4 Å². The van der Waals surface area contributed by atoms with Crippen molar-refractivity contribution in [3.63, 3.8) is 0 Å². The van der Waals surface area contributed by atoms with Gasteiger partial charge in [0.2, 0.25) is 0 Å². The predicted octanol–water partition coefficient (Wildman–Crippen LogP) is 7.63. The summed E-state index contributed by atoms with van der Waals surface area (Å²) in [5.74, 6) is 0.936. The maximum absolute atomic E-state index is 16.3. The second kappa shape index (κ2) is 14.2. The van der Waals surface area contributed by atoms with Gasteiger partial charge in [-0.05, 0) is 70.0 Å². The first kappa shape index (κ1) is 36.3. The lowest BCUT2D eigenvalue weighted by molar-refractivity contribution is 0.127. The van der Waals surface area contributed by atoms with Gasteiger partial charge in [-0.2, -0.15) is 0 Å². The van der Waals surface area contributed by atoms with Crippen molar-refractivity contribution in [2.24, 2.45) is 0 Å². The molecule has 0 bridgehead atoms. The summed E-state index contributed by atoms with van der Waals surface area (Å²) in [6.07, 6.45) is 3.27. The molecule has 276 valence electrons. The molecule has 0 radical (unpaired) electrons. The molecule has 5 heterocycles. The molecule has 4 aliphatic heterocycles. The lowest BCUT2D eigenvalue weighted by Crippen LogP contribution is -2.67. The average Bonchev–Trinajstić information content (AvgIpc) is 3.85. The van der Waals surface area contributed by atoms with Crippen molar-refractivity contribution in [3.05, 3.63) is 81.8 Å². The molecule has 1 aromatic heterocycles. The molecule has 12 heteroatoms. The Morgan fingerprint density at radius 1 is 1.06 bits per heavy atom. The Hall–Kier alpha value is -2.67. The van der Waals surface area contributed by atoms with Crippen molar-refractivity contribution in [1.29, 1.82) is 0 Å². The highest BCUT2D eigenvalue weighted by Gasteiger charge is 2.51. The Labute approximate surface area is 319 Å². The molecule has 0 amide bonds. The standard InChI is InChI=1S/C40H46BrClF2N4O3Si/c1-39(2,3)52(29-11-6-4-7-12-29,30-13-8-5-9-14-30)50-25-28-23-48(27-16-20-49-24-27)38-32-36(35(44)33(41)34(42)37(32)51-28)45-31(46-38)15-18-40-17-10-19-47(40)22-26(43)21-40/h4-9,11-14,26-28H,10,15-25H2,1-3H3/t26-,27?,28?,40-/m1/s1. The molecule has 7 nitrogen and oxygen atoms in total. The van der Waals surface area contributed by atoms with Crippen molar-refractivity contribution in [1.82, 2.24) is 14.9 Å². The van der Waals surface area contributed by atoms with Gasteiger partial charge in [-0.1, -0.05) is 93.0 Å². The zero-order chi connectivity index (χ0) is 36.3. The van der Waals surface area contributed by atoms with Gasteiger partial charge in [0, 0.05) is 25.1 Å². The Morgan fingerprint density at radius 3 is 2.42 bits per heavy atom. The summed E-state index contributed by atoms with van der Waals surface area (Å²) in [5.41, 5.74) is -0.0268.